The summed E-state index contributed by atoms with van der Waals surface area (Å²) in [6.07, 6.45) is 6.77. The lowest BCUT2D eigenvalue weighted by atomic mass is 9.90. The number of anilines is 1. The standard InChI is InChI=1S/C20H30N2OS/c1-4-15(2)14-22-11-9-20(10-12-22)13-18(20)19(23)21-16-5-7-17(24-3)8-6-16/h5-8,15,18H,4,9-14H2,1-3H3,(H,21,23). The van der Waals surface area contributed by atoms with Gasteiger partial charge in [0.2, 0.25) is 5.91 Å². The predicted octanol–water partition coefficient (Wildman–Crippen LogP) is 4.50. The quantitative estimate of drug-likeness (QED) is 0.770. The van der Waals surface area contributed by atoms with Gasteiger partial charge in [-0.05, 0) is 74.2 Å². The first-order valence-corrected chi connectivity index (χ1v) is 10.5. The van der Waals surface area contributed by atoms with Gasteiger partial charge in [-0.2, -0.15) is 0 Å². The van der Waals surface area contributed by atoms with Crippen molar-refractivity contribution in [3.8, 4) is 0 Å². The van der Waals surface area contributed by atoms with Gasteiger partial charge in [0.25, 0.3) is 0 Å². The van der Waals surface area contributed by atoms with Crippen LogP contribution in [0, 0.1) is 17.3 Å². The van der Waals surface area contributed by atoms with Crippen LogP contribution in [-0.2, 0) is 4.79 Å². The number of piperidine rings is 1. The molecule has 2 fully saturated rings. The molecule has 3 rings (SSSR count). The molecule has 1 aliphatic heterocycles. The van der Waals surface area contributed by atoms with E-state index in [2.05, 4.69) is 42.5 Å². The van der Waals surface area contributed by atoms with Gasteiger partial charge in [0, 0.05) is 23.0 Å². The Bertz CT molecular complexity index is 564. The first kappa shape index (κ1) is 17.8. The van der Waals surface area contributed by atoms with Crippen molar-refractivity contribution in [2.24, 2.45) is 17.3 Å². The van der Waals surface area contributed by atoms with E-state index in [1.807, 2.05) is 12.1 Å². The number of likely N-dealkylation sites (tertiary alicyclic amines) is 1. The molecule has 4 heteroatoms. The third kappa shape index (κ3) is 3.97. The highest BCUT2D eigenvalue weighted by atomic mass is 32.2. The average molecular weight is 347 g/mol. The molecule has 0 radical (unpaired) electrons. The molecule has 2 unspecified atom stereocenters. The number of carbonyl (C=O) groups excluding carboxylic acids is 1. The van der Waals surface area contributed by atoms with Crippen LogP contribution in [0.15, 0.2) is 29.2 Å². The van der Waals surface area contributed by atoms with E-state index in [0.29, 0.717) is 5.41 Å². The number of benzene rings is 1. The number of hydrogen-bond acceptors (Lipinski definition) is 3. The molecule has 2 atom stereocenters. The van der Waals surface area contributed by atoms with Crippen LogP contribution >= 0.6 is 11.8 Å². The number of thioether (sulfide) groups is 1. The van der Waals surface area contributed by atoms with E-state index in [1.165, 1.54) is 30.7 Å². The number of amides is 1. The molecule has 1 heterocycles. The van der Waals surface area contributed by atoms with E-state index < -0.39 is 0 Å². The minimum absolute atomic E-state index is 0.224. The van der Waals surface area contributed by atoms with Crippen LogP contribution in [0.3, 0.4) is 0 Å². The molecule has 1 saturated carbocycles. The lowest BCUT2D eigenvalue weighted by Crippen LogP contribution is -2.38. The molecule has 0 aromatic heterocycles. The van der Waals surface area contributed by atoms with Crippen molar-refractivity contribution in [3.63, 3.8) is 0 Å². The van der Waals surface area contributed by atoms with Crippen molar-refractivity contribution in [3.05, 3.63) is 24.3 Å². The van der Waals surface area contributed by atoms with E-state index in [4.69, 9.17) is 0 Å². The number of rotatable bonds is 6. The SMILES string of the molecule is CCC(C)CN1CCC2(CC1)CC2C(=O)Nc1ccc(SC)cc1. The number of nitrogens with one attached hydrogen (secondary N) is 1. The summed E-state index contributed by atoms with van der Waals surface area (Å²) < 4.78 is 0. The summed E-state index contributed by atoms with van der Waals surface area (Å²) in [7, 11) is 0. The van der Waals surface area contributed by atoms with Crippen LogP contribution in [-0.4, -0.2) is 36.7 Å². The average Bonchev–Trinajstić information content (AvgIpc) is 3.31. The summed E-state index contributed by atoms with van der Waals surface area (Å²) in [6.45, 7) is 8.14. The lowest BCUT2D eigenvalue weighted by molar-refractivity contribution is -0.118. The third-order valence-corrected chi connectivity index (χ3v) is 6.73. The van der Waals surface area contributed by atoms with E-state index in [0.717, 1.165) is 31.1 Å². The molecule has 1 saturated heterocycles. The molecule has 1 amide bonds. The maximum atomic E-state index is 12.6. The van der Waals surface area contributed by atoms with E-state index >= 15 is 0 Å². The summed E-state index contributed by atoms with van der Waals surface area (Å²) in [5, 5.41) is 3.12. The monoisotopic (exact) mass is 346 g/mol. The fourth-order valence-electron chi connectivity index (χ4n) is 3.93. The number of carbonyl (C=O) groups is 1. The largest absolute Gasteiger partial charge is 0.326 e. The highest BCUT2D eigenvalue weighted by Crippen LogP contribution is 2.59. The normalized spacial score (nSPS) is 23.9. The molecule has 3 nitrogen and oxygen atoms in total. The molecular weight excluding hydrogens is 316 g/mol. The molecule has 0 bridgehead atoms. The third-order valence-electron chi connectivity index (χ3n) is 5.98. The van der Waals surface area contributed by atoms with Gasteiger partial charge in [0.1, 0.15) is 0 Å². The second-order valence-electron chi connectivity index (χ2n) is 7.65. The second kappa shape index (κ2) is 7.49. The molecule has 1 N–H and O–H groups in total. The molecule has 1 aromatic carbocycles. The van der Waals surface area contributed by atoms with Crippen molar-refractivity contribution < 1.29 is 4.79 Å². The van der Waals surface area contributed by atoms with Crippen molar-refractivity contribution in [1.29, 1.82) is 0 Å². The Kier molecular flexibility index (Phi) is 5.56. The van der Waals surface area contributed by atoms with E-state index in [1.54, 1.807) is 11.8 Å². The van der Waals surface area contributed by atoms with Crippen LogP contribution in [0.1, 0.15) is 39.5 Å². The topological polar surface area (TPSA) is 32.3 Å². The van der Waals surface area contributed by atoms with Crippen molar-refractivity contribution in [2.45, 2.75) is 44.4 Å². The Morgan fingerprint density at radius 3 is 2.58 bits per heavy atom. The summed E-state index contributed by atoms with van der Waals surface area (Å²) >= 11 is 1.72. The highest BCUT2D eigenvalue weighted by Gasteiger charge is 2.58. The van der Waals surface area contributed by atoms with Gasteiger partial charge in [0.15, 0.2) is 0 Å². The zero-order valence-corrected chi connectivity index (χ0v) is 16.0. The van der Waals surface area contributed by atoms with Gasteiger partial charge >= 0.3 is 0 Å². The second-order valence-corrected chi connectivity index (χ2v) is 8.53. The van der Waals surface area contributed by atoms with Gasteiger partial charge in [0.05, 0.1) is 0 Å². The Morgan fingerprint density at radius 2 is 2.00 bits per heavy atom. The Balaban J connectivity index is 1.48. The lowest BCUT2D eigenvalue weighted by Gasteiger charge is -2.34. The van der Waals surface area contributed by atoms with Crippen molar-refractivity contribution in [2.75, 3.05) is 31.2 Å². The van der Waals surface area contributed by atoms with Crippen molar-refractivity contribution >= 4 is 23.4 Å². The minimum atomic E-state index is 0.224. The Hall–Kier alpha value is -1.00. The molecule has 1 spiro atoms. The van der Waals surface area contributed by atoms with E-state index in [-0.39, 0.29) is 11.8 Å². The molecular formula is C20H30N2OS. The van der Waals surface area contributed by atoms with Crippen LogP contribution in [0.4, 0.5) is 5.69 Å². The first-order chi connectivity index (χ1) is 11.6. The Labute approximate surface area is 150 Å². The van der Waals surface area contributed by atoms with Gasteiger partial charge in [-0.1, -0.05) is 20.3 Å². The van der Waals surface area contributed by atoms with Crippen LogP contribution in [0.5, 0.6) is 0 Å². The van der Waals surface area contributed by atoms with Crippen LogP contribution in [0.25, 0.3) is 0 Å². The van der Waals surface area contributed by atoms with E-state index in [9.17, 15) is 4.79 Å². The van der Waals surface area contributed by atoms with Crippen LogP contribution in [0.2, 0.25) is 0 Å². The fraction of sp³-hybridized carbons (Fsp3) is 0.650. The van der Waals surface area contributed by atoms with Crippen LogP contribution < -0.4 is 5.32 Å². The zero-order chi connectivity index (χ0) is 17.2. The number of hydrogen-bond donors (Lipinski definition) is 1. The van der Waals surface area contributed by atoms with Gasteiger partial charge in [-0.25, -0.2) is 0 Å². The summed E-state index contributed by atoms with van der Waals surface area (Å²) in [4.78, 5) is 16.4. The van der Waals surface area contributed by atoms with Gasteiger partial charge < -0.3 is 10.2 Å². The van der Waals surface area contributed by atoms with Gasteiger partial charge in [-0.15, -0.1) is 11.8 Å². The summed E-state index contributed by atoms with van der Waals surface area (Å²) in [6, 6.07) is 8.15. The first-order valence-electron chi connectivity index (χ1n) is 9.23. The smallest absolute Gasteiger partial charge is 0.228 e. The maximum absolute atomic E-state index is 12.6. The zero-order valence-electron chi connectivity index (χ0n) is 15.2. The fourth-order valence-corrected chi connectivity index (χ4v) is 4.33. The molecule has 2 aliphatic rings. The predicted molar refractivity (Wildman–Crippen MR) is 103 cm³/mol. The molecule has 1 aliphatic carbocycles. The summed E-state index contributed by atoms with van der Waals surface area (Å²) in [5.41, 5.74) is 1.23. The highest BCUT2D eigenvalue weighted by molar-refractivity contribution is 7.98. The summed E-state index contributed by atoms with van der Waals surface area (Å²) in [5.74, 6) is 1.23. The maximum Gasteiger partial charge on any atom is 0.228 e. The molecule has 132 valence electrons. The Morgan fingerprint density at radius 1 is 1.33 bits per heavy atom. The van der Waals surface area contributed by atoms with Gasteiger partial charge in [-0.3, -0.25) is 4.79 Å². The molecule has 24 heavy (non-hydrogen) atoms. The number of nitrogens with zero attached hydrogens (tertiary/aromatic N) is 1. The van der Waals surface area contributed by atoms with Crippen molar-refractivity contribution in [1.82, 2.24) is 4.90 Å². The molecule has 1 aromatic rings. The minimum Gasteiger partial charge on any atom is -0.326 e.